The van der Waals surface area contributed by atoms with E-state index in [9.17, 15) is 0 Å². The predicted octanol–water partition coefficient (Wildman–Crippen LogP) is 2.24. The molecule has 1 aromatic rings. The SMILES string of the molecule is Cc1cc(C)c(OCCN2CCNCC2)cc1Cl. The molecule has 3 nitrogen and oxygen atoms in total. The first-order chi connectivity index (χ1) is 8.66. The number of piperazine rings is 1. The van der Waals surface area contributed by atoms with E-state index >= 15 is 0 Å². The van der Waals surface area contributed by atoms with Crippen molar-refractivity contribution in [1.29, 1.82) is 0 Å². The lowest BCUT2D eigenvalue weighted by Gasteiger charge is -2.27. The maximum absolute atomic E-state index is 6.11. The molecule has 1 fully saturated rings. The molecule has 1 aliphatic rings. The van der Waals surface area contributed by atoms with E-state index in [0.29, 0.717) is 0 Å². The highest BCUT2D eigenvalue weighted by Crippen LogP contribution is 2.26. The van der Waals surface area contributed by atoms with Crippen LogP contribution >= 0.6 is 11.6 Å². The normalized spacial score (nSPS) is 16.8. The molecular formula is C14H21ClN2O. The third-order valence-electron chi connectivity index (χ3n) is 3.33. The molecule has 0 atom stereocenters. The molecule has 0 aliphatic carbocycles. The lowest BCUT2D eigenvalue weighted by Crippen LogP contribution is -2.44. The molecule has 0 aromatic heterocycles. The average Bonchev–Trinajstić information content (AvgIpc) is 2.37. The summed E-state index contributed by atoms with van der Waals surface area (Å²) in [5.74, 6) is 0.903. The summed E-state index contributed by atoms with van der Waals surface area (Å²) >= 11 is 6.11. The molecule has 1 heterocycles. The van der Waals surface area contributed by atoms with Gasteiger partial charge in [-0.3, -0.25) is 4.90 Å². The van der Waals surface area contributed by atoms with Gasteiger partial charge in [0.2, 0.25) is 0 Å². The van der Waals surface area contributed by atoms with E-state index in [0.717, 1.165) is 61.2 Å². The summed E-state index contributed by atoms with van der Waals surface area (Å²) in [6, 6.07) is 3.99. The summed E-state index contributed by atoms with van der Waals surface area (Å²) < 4.78 is 5.83. The molecule has 0 saturated carbocycles. The minimum Gasteiger partial charge on any atom is -0.492 e. The smallest absolute Gasteiger partial charge is 0.123 e. The molecule has 1 N–H and O–H groups in total. The number of benzene rings is 1. The zero-order valence-corrected chi connectivity index (χ0v) is 11.9. The number of halogens is 1. The van der Waals surface area contributed by atoms with Crippen molar-refractivity contribution in [2.75, 3.05) is 39.3 Å². The van der Waals surface area contributed by atoms with Gasteiger partial charge in [-0.2, -0.15) is 0 Å². The van der Waals surface area contributed by atoms with E-state index in [2.05, 4.69) is 23.2 Å². The highest BCUT2D eigenvalue weighted by Gasteiger charge is 2.09. The molecule has 0 radical (unpaired) electrons. The lowest BCUT2D eigenvalue weighted by atomic mass is 10.1. The summed E-state index contributed by atoms with van der Waals surface area (Å²) in [7, 11) is 0. The molecule has 0 bridgehead atoms. The largest absolute Gasteiger partial charge is 0.492 e. The van der Waals surface area contributed by atoms with Crippen molar-refractivity contribution in [2.24, 2.45) is 0 Å². The summed E-state index contributed by atoms with van der Waals surface area (Å²) in [5, 5.41) is 4.12. The fourth-order valence-corrected chi connectivity index (χ4v) is 2.34. The van der Waals surface area contributed by atoms with Crippen LogP contribution in [0.15, 0.2) is 12.1 Å². The number of nitrogens with one attached hydrogen (secondary N) is 1. The molecule has 0 unspecified atom stereocenters. The van der Waals surface area contributed by atoms with E-state index < -0.39 is 0 Å². The Morgan fingerprint density at radius 3 is 2.67 bits per heavy atom. The summed E-state index contributed by atoms with van der Waals surface area (Å²) in [5.41, 5.74) is 2.25. The van der Waals surface area contributed by atoms with E-state index in [1.54, 1.807) is 0 Å². The Labute approximate surface area is 114 Å². The second-order valence-electron chi connectivity index (χ2n) is 4.81. The highest BCUT2D eigenvalue weighted by atomic mass is 35.5. The van der Waals surface area contributed by atoms with Crippen molar-refractivity contribution < 1.29 is 4.74 Å². The Kier molecular flexibility index (Phi) is 4.87. The van der Waals surface area contributed by atoms with Gasteiger partial charge >= 0.3 is 0 Å². The first-order valence-electron chi connectivity index (χ1n) is 6.49. The van der Waals surface area contributed by atoms with Gasteiger partial charge in [-0.05, 0) is 31.0 Å². The predicted molar refractivity (Wildman–Crippen MR) is 75.7 cm³/mol. The van der Waals surface area contributed by atoms with Crippen LogP contribution in [-0.4, -0.2) is 44.2 Å². The average molecular weight is 269 g/mol. The topological polar surface area (TPSA) is 24.5 Å². The van der Waals surface area contributed by atoms with Gasteiger partial charge in [-0.25, -0.2) is 0 Å². The molecule has 100 valence electrons. The van der Waals surface area contributed by atoms with Crippen LogP contribution in [0.4, 0.5) is 0 Å². The second-order valence-corrected chi connectivity index (χ2v) is 5.21. The van der Waals surface area contributed by atoms with Gasteiger partial charge in [-0.1, -0.05) is 17.7 Å². The summed E-state index contributed by atoms with van der Waals surface area (Å²) in [6.45, 7) is 10.1. The maximum atomic E-state index is 6.11. The van der Waals surface area contributed by atoms with Crippen LogP contribution in [-0.2, 0) is 0 Å². The van der Waals surface area contributed by atoms with Crippen molar-refractivity contribution in [3.63, 3.8) is 0 Å². The zero-order valence-electron chi connectivity index (χ0n) is 11.1. The Balaban J connectivity index is 1.84. The van der Waals surface area contributed by atoms with Gasteiger partial charge in [0, 0.05) is 37.7 Å². The monoisotopic (exact) mass is 268 g/mol. The fraction of sp³-hybridized carbons (Fsp3) is 0.571. The van der Waals surface area contributed by atoms with E-state index in [-0.39, 0.29) is 0 Å². The van der Waals surface area contributed by atoms with Crippen molar-refractivity contribution >= 4 is 11.6 Å². The first-order valence-corrected chi connectivity index (χ1v) is 6.87. The number of rotatable bonds is 4. The number of ether oxygens (including phenoxy) is 1. The van der Waals surface area contributed by atoms with Gasteiger partial charge in [0.05, 0.1) is 0 Å². The number of hydrogen-bond donors (Lipinski definition) is 1. The van der Waals surface area contributed by atoms with Gasteiger partial charge < -0.3 is 10.1 Å². The van der Waals surface area contributed by atoms with Crippen LogP contribution in [0, 0.1) is 13.8 Å². The maximum Gasteiger partial charge on any atom is 0.123 e. The van der Waals surface area contributed by atoms with Gasteiger partial charge in [0.25, 0.3) is 0 Å². The van der Waals surface area contributed by atoms with Crippen LogP contribution in [0.5, 0.6) is 5.75 Å². The quantitative estimate of drug-likeness (QED) is 0.907. The van der Waals surface area contributed by atoms with Gasteiger partial charge in [-0.15, -0.1) is 0 Å². The minimum atomic E-state index is 0.722. The fourth-order valence-electron chi connectivity index (χ4n) is 2.18. The van der Waals surface area contributed by atoms with Gasteiger partial charge in [0.1, 0.15) is 12.4 Å². The lowest BCUT2D eigenvalue weighted by molar-refractivity contribution is 0.191. The Hall–Kier alpha value is -0.770. The molecule has 0 amide bonds. The van der Waals surface area contributed by atoms with E-state index in [1.807, 2.05) is 13.0 Å². The Morgan fingerprint density at radius 2 is 1.94 bits per heavy atom. The molecule has 4 heteroatoms. The van der Waals surface area contributed by atoms with E-state index in [4.69, 9.17) is 16.3 Å². The molecule has 1 aromatic carbocycles. The second kappa shape index (κ2) is 6.41. The Bertz CT molecular complexity index is 403. The summed E-state index contributed by atoms with van der Waals surface area (Å²) in [4.78, 5) is 2.42. The van der Waals surface area contributed by atoms with Gasteiger partial charge in [0.15, 0.2) is 0 Å². The minimum absolute atomic E-state index is 0.722. The zero-order chi connectivity index (χ0) is 13.0. The Morgan fingerprint density at radius 1 is 1.22 bits per heavy atom. The summed E-state index contributed by atoms with van der Waals surface area (Å²) in [6.07, 6.45) is 0. The van der Waals surface area contributed by atoms with Crippen LogP contribution in [0.25, 0.3) is 0 Å². The standard InChI is InChI=1S/C14H21ClN2O/c1-11-9-12(2)14(10-13(11)15)18-8-7-17-5-3-16-4-6-17/h9-10,16H,3-8H2,1-2H3. The molecule has 1 aliphatic heterocycles. The third-order valence-corrected chi connectivity index (χ3v) is 3.74. The number of aryl methyl sites for hydroxylation is 2. The molecule has 2 rings (SSSR count). The van der Waals surface area contributed by atoms with Crippen LogP contribution in [0.2, 0.25) is 5.02 Å². The third kappa shape index (κ3) is 3.61. The number of hydrogen-bond acceptors (Lipinski definition) is 3. The molecule has 18 heavy (non-hydrogen) atoms. The molecule has 0 spiro atoms. The van der Waals surface area contributed by atoms with Crippen molar-refractivity contribution in [1.82, 2.24) is 10.2 Å². The van der Waals surface area contributed by atoms with Crippen molar-refractivity contribution in [3.05, 3.63) is 28.3 Å². The molecular weight excluding hydrogens is 248 g/mol. The number of nitrogens with zero attached hydrogens (tertiary/aromatic N) is 1. The van der Waals surface area contributed by atoms with Crippen LogP contribution < -0.4 is 10.1 Å². The highest BCUT2D eigenvalue weighted by molar-refractivity contribution is 6.31. The van der Waals surface area contributed by atoms with E-state index in [1.165, 1.54) is 0 Å². The van der Waals surface area contributed by atoms with Crippen LogP contribution in [0.1, 0.15) is 11.1 Å². The van der Waals surface area contributed by atoms with Crippen LogP contribution in [0.3, 0.4) is 0 Å². The molecule has 1 saturated heterocycles. The van der Waals surface area contributed by atoms with Crippen molar-refractivity contribution in [3.8, 4) is 5.75 Å². The van der Waals surface area contributed by atoms with Crippen molar-refractivity contribution in [2.45, 2.75) is 13.8 Å². The first kappa shape index (κ1) is 13.7.